The second kappa shape index (κ2) is 5.65. The molecular weight excluding hydrogens is 210 g/mol. The van der Waals surface area contributed by atoms with Crippen LogP contribution >= 0.6 is 0 Å². The smallest absolute Gasteiger partial charge is 0.0615 e. The number of rotatable bonds is 5. The Bertz CT molecular complexity index is 375. The van der Waals surface area contributed by atoms with E-state index in [1.165, 1.54) is 29.5 Å². The summed E-state index contributed by atoms with van der Waals surface area (Å²) in [6.45, 7) is 5.18. The predicted octanol–water partition coefficient (Wildman–Crippen LogP) is 3.00. The van der Waals surface area contributed by atoms with Crippen LogP contribution in [-0.4, -0.2) is 19.8 Å². The van der Waals surface area contributed by atoms with Gasteiger partial charge in [-0.1, -0.05) is 30.7 Å². The van der Waals surface area contributed by atoms with E-state index in [1.807, 2.05) is 0 Å². The third kappa shape index (κ3) is 2.88. The molecule has 17 heavy (non-hydrogen) atoms. The third-order valence-electron chi connectivity index (χ3n) is 3.68. The van der Waals surface area contributed by atoms with Crippen molar-refractivity contribution in [2.75, 3.05) is 13.7 Å². The number of methoxy groups -OCH3 is 1. The summed E-state index contributed by atoms with van der Waals surface area (Å²) in [6.07, 6.45) is 3.54. The molecule has 2 unspecified atom stereocenters. The molecule has 0 amide bonds. The minimum absolute atomic E-state index is 0.469. The normalized spacial score (nSPS) is 20.3. The number of hydrogen-bond acceptors (Lipinski definition) is 2. The van der Waals surface area contributed by atoms with Gasteiger partial charge in [-0.2, -0.15) is 0 Å². The van der Waals surface area contributed by atoms with Crippen molar-refractivity contribution >= 4 is 0 Å². The van der Waals surface area contributed by atoms with E-state index in [0.717, 1.165) is 13.0 Å². The molecule has 0 saturated carbocycles. The molecule has 0 aliphatic heterocycles. The molecule has 2 heteroatoms. The van der Waals surface area contributed by atoms with Crippen LogP contribution in [0, 0.1) is 6.92 Å². The summed E-state index contributed by atoms with van der Waals surface area (Å²) in [5.74, 6) is 0. The summed E-state index contributed by atoms with van der Waals surface area (Å²) in [6, 6.07) is 7.82. The zero-order valence-electron chi connectivity index (χ0n) is 11.1. The number of fused-ring (bicyclic) bond motifs is 1. The molecule has 0 heterocycles. The Morgan fingerprint density at radius 1 is 1.47 bits per heavy atom. The highest BCUT2D eigenvalue weighted by Crippen LogP contribution is 2.32. The van der Waals surface area contributed by atoms with E-state index >= 15 is 0 Å². The van der Waals surface area contributed by atoms with E-state index in [1.54, 1.807) is 7.11 Å². The van der Waals surface area contributed by atoms with Gasteiger partial charge in [0, 0.05) is 19.2 Å². The van der Waals surface area contributed by atoms with Crippen LogP contribution in [0.1, 0.15) is 42.5 Å². The number of nitrogens with one attached hydrogen (secondary N) is 1. The predicted molar refractivity (Wildman–Crippen MR) is 71.3 cm³/mol. The monoisotopic (exact) mass is 233 g/mol. The minimum Gasteiger partial charge on any atom is -0.383 e. The Balaban J connectivity index is 2.08. The lowest BCUT2D eigenvalue weighted by molar-refractivity contribution is 0.158. The fourth-order valence-electron chi connectivity index (χ4n) is 2.66. The molecule has 0 saturated heterocycles. The average Bonchev–Trinajstić information content (AvgIpc) is 2.71. The Morgan fingerprint density at radius 2 is 2.29 bits per heavy atom. The topological polar surface area (TPSA) is 21.3 Å². The molecule has 0 aromatic heterocycles. The molecule has 1 aliphatic rings. The van der Waals surface area contributed by atoms with Gasteiger partial charge in [-0.3, -0.25) is 0 Å². The molecule has 94 valence electrons. The molecule has 0 radical (unpaired) electrons. The van der Waals surface area contributed by atoms with Crippen LogP contribution in [0.3, 0.4) is 0 Å². The van der Waals surface area contributed by atoms with Crippen molar-refractivity contribution in [1.82, 2.24) is 5.32 Å². The molecule has 0 spiro atoms. The number of hydrogen-bond donors (Lipinski definition) is 1. The van der Waals surface area contributed by atoms with Gasteiger partial charge in [0.25, 0.3) is 0 Å². The van der Waals surface area contributed by atoms with E-state index in [2.05, 4.69) is 37.4 Å². The number of aryl methyl sites for hydroxylation is 2. The van der Waals surface area contributed by atoms with Gasteiger partial charge >= 0.3 is 0 Å². The highest BCUT2D eigenvalue weighted by atomic mass is 16.5. The largest absolute Gasteiger partial charge is 0.383 e. The van der Waals surface area contributed by atoms with Gasteiger partial charge in [0.05, 0.1) is 6.61 Å². The van der Waals surface area contributed by atoms with Crippen LogP contribution in [-0.2, 0) is 11.2 Å². The molecule has 1 aromatic rings. The third-order valence-corrected chi connectivity index (χ3v) is 3.68. The van der Waals surface area contributed by atoms with Crippen LogP contribution < -0.4 is 5.32 Å². The van der Waals surface area contributed by atoms with Crippen LogP contribution in [0.15, 0.2) is 18.2 Å². The lowest BCUT2D eigenvalue weighted by atomic mass is 10.0. The van der Waals surface area contributed by atoms with Gasteiger partial charge in [-0.25, -0.2) is 0 Å². The maximum absolute atomic E-state index is 5.25. The zero-order valence-corrected chi connectivity index (χ0v) is 11.1. The van der Waals surface area contributed by atoms with E-state index in [4.69, 9.17) is 4.74 Å². The SMILES string of the molecule is CCC(COC)NC1CCc2ccc(C)cc21. The van der Waals surface area contributed by atoms with E-state index in [-0.39, 0.29) is 0 Å². The first-order valence-electron chi connectivity index (χ1n) is 6.59. The van der Waals surface area contributed by atoms with Gasteiger partial charge in [-0.15, -0.1) is 0 Å². The molecule has 2 rings (SSSR count). The van der Waals surface area contributed by atoms with Gasteiger partial charge in [0.2, 0.25) is 0 Å². The highest BCUT2D eigenvalue weighted by Gasteiger charge is 2.24. The summed E-state index contributed by atoms with van der Waals surface area (Å²) in [5, 5.41) is 3.72. The Hall–Kier alpha value is -0.860. The molecule has 2 atom stereocenters. The standard InChI is InChI=1S/C15H23NO/c1-4-13(10-17-3)16-15-8-7-12-6-5-11(2)9-14(12)15/h5-6,9,13,15-16H,4,7-8,10H2,1-3H3. The second-order valence-corrected chi connectivity index (χ2v) is 5.02. The summed E-state index contributed by atoms with van der Waals surface area (Å²) < 4.78 is 5.25. The van der Waals surface area contributed by atoms with Crippen molar-refractivity contribution in [2.45, 2.75) is 45.2 Å². The fourth-order valence-corrected chi connectivity index (χ4v) is 2.66. The van der Waals surface area contributed by atoms with Crippen molar-refractivity contribution in [2.24, 2.45) is 0 Å². The first kappa shape index (κ1) is 12.6. The molecule has 2 nitrogen and oxygen atoms in total. The van der Waals surface area contributed by atoms with Gasteiger partial charge in [0.1, 0.15) is 0 Å². The summed E-state index contributed by atoms with van der Waals surface area (Å²) in [5.41, 5.74) is 4.37. The molecule has 1 N–H and O–H groups in total. The number of ether oxygens (including phenoxy) is 1. The van der Waals surface area contributed by atoms with Gasteiger partial charge in [0.15, 0.2) is 0 Å². The first-order chi connectivity index (χ1) is 8.24. The lowest BCUT2D eigenvalue weighted by Gasteiger charge is -2.22. The Labute approximate surface area is 104 Å². The van der Waals surface area contributed by atoms with Crippen LogP contribution in [0.4, 0.5) is 0 Å². The Morgan fingerprint density at radius 3 is 3.00 bits per heavy atom. The van der Waals surface area contributed by atoms with E-state index in [9.17, 15) is 0 Å². The molecule has 1 aliphatic carbocycles. The molecular formula is C15H23NO. The lowest BCUT2D eigenvalue weighted by Crippen LogP contribution is -2.34. The van der Waals surface area contributed by atoms with Crippen LogP contribution in [0.5, 0.6) is 0 Å². The molecule has 1 aromatic carbocycles. The van der Waals surface area contributed by atoms with Crippen LogP contribution in [0.2, 0.25) is 0 Å². The molecule has 0 bridgehead atoms. The second-order valence-electron chi connectivity index (χ2n) is 5.02. The fraction of sp³-hybridized carbons (Fsp3) is 0.600. The summed E-state index contributed by atoms with van der Waals surface area (Å²) >= 11 is 0. The van der Waals surface area contributed by atoms with E-state index in [0.29, 0.717) is 12.1 Å². The maximum atomic E-state index is 5.25. The van der Waals surface area contributed by atoms with Crippen molar-refractivity contribution in [3.8, 4) is 0 Å². The van der Waals surface area contributed by atoms with Crippen molar-refractivity contribution in [3.05, 3.63) is 34.9 Å². The summed E-state index contributed by atoms with van der Waals surface area (Å²) in [7, 11) is 1.77. The van der Waals surface area contributed by atoms with Gasteiger partial charge in [-0.05, 0) is 37.3 Å². The Kier molecular flexibility index (Phi) is 4.19. The zero-order chi connectivity index (χ0) is 12.3. The van der Waals surface area contributed by atoms with Crippen molar-refractivity contribution in [3.63, 3.8) is 0 Å². The highest BCUT2D eigenvalue weighted by molar-refractivity contribution is 5.37. The molecule has 0 fully saturated rings. The minimum atomic E-state index is 0.469. The van der Waals surface area contributed by atoms with Crippen molar-refractivity contribution in [1.29, 1.82) is 0 Å². The summed E-state index contributed by atoms with van der Waals surface area (Å²) in [4.78, 5) is 0. The van der Waals surface area contributed by atoms with E-state index < -0.39 is 0 Å². The van der Waals surface area contributed by atoms with Crippen LogP contribution in [0.25, 0.3) is 0 Å². The quantitative estimate of drug-likeness (QED) is 0.844. The van der Waals surface area contributed by atoms with Crippen molar-refractivity contribution < 1.29 is 4.74 Å². The number of benzene rings is 1. The van der Waals surface area contributed by atoms with Gasteiger partial charge < -0.3 is 10.1 Å². The first-order valence-corrected chi connectivity index (χ1v) is 6.59. The average molecular weight is 233 g/mol. The maximum Gasteiger partial charge on any atom is 0.0615 e.